The normalized spacial score (nSPS) is 12.8. The van der Waals surface area contributed by atoms with Gasteiger partial charge >= 0.3 is 5.97 Å². The molecule has 0 amide bonds. The molecular formula is C33H40O4. The topological polar surface area (TPSA) is 44.8 Å². The van der Waals surface area contributed by atoms with Crippen molar-refractivity contribution in [3.05, 3.63) is 95.6 Å². The third kappa shape index (κ3) is 8.33. The van der Waals surface area contributed by atoms with E-state index in [4.69, 9.17) is 14.2 Å². The first-order valence-corrected chi connectivity index (χ1v) is 13.1. The van der Waals surface area contributed by atoms with Crippen LogP contribution in [0.1, 0.15) is 58.2 Å². The highest BCUT2D eigenvalue weighted by molar-refractivity contribution is 5.75. The molecule has 0 saturated carbocycles. The minimum absolute atomic E-state index is 0.158. The molecule has 4 heteroatoms. The molecule has 0 radical (unpaired) electrons. The first kappa shape index (κ1) is 28.2. The third-order valence-electron chi connectivity index (χ3n) is 6.33. The Morgan fingerprint density at radius 3 is 1.97 bits per heavy atom. The molecule has 0 bridgehead atoms. The molecule has 0 spiro atoms. The molecule has 196 valence electrons. The number of rotatable bonds is 11. The number of carbonyl (C=O) groups is 1. The quantitative estimate of drug-likeness (QED) is 0.254. The van der Waals surface area contributed by atoms with Gasteiger partial charge in [-0.3, -0.25) is 0 Å². The van der Waals surface area contributed by atoms with Gasteiger partial charge in [0.05, 0.1) is 6.61 Å². The smallest absolute Gasteiger partial charge is 0.335 e. The summed E-state index contributed by atoms with van der Waals surface area (Å²) in [6.45, 7) is 13.8. The van der Waals surface area contributed by atoms with E-state index in [1.165, 1.54) is 27.8 Å². The highest BCUT2D eigenvalue weighted by Gasteiger charge is 2.20. The lowest BCUT2D eigenvalue weighted by Gasteiger charge is -2.19. The van der Waals surface area contributed by atoms with Gasteiger partial charge in [-0.1, -0.05) is 81.4 Å². The fraction of sp³-hybridized carbons (Fsp3) is 0.364. The Morgan fingerprint density at radius 1 is 0.838 bits per heavy atom. The first-order valence-electron chi connectivity index (χ1n) is 13.1. The van der Waals surface area contributed by atoms with Crippen molar-refractivity contribution in [1.29, 1.82) is 0 Å². The van der Waals surface area contributed by atoms with Gasteiger partial charge < -0.3 is 14.2 Å². The average molecular weight is 501 g/mol. The molecule has 0 aliphatic carbocycles. The van der Waals surface area contributed by atoms with Gasteiger partial charge in [0.2, 0.25) is 0 Å². The Kier molecular flexibility index (Phi) is 10.1. The number of esters is 1. The van der Waals surface area contributed by atoms with Crippen molar-refractivity contribution in [3.63, 3.8) is 0 Å². The summed E-state index contributed by atoms with van der Waals surface area (Å²) in [6, 6.07) is 25.3. The minimum Gasteiger partial charge on any atom is -0.490 e. The summed E-state index contributed by atoms with van der Waals surface area (Å²) in [6.07, 6.45) is 1.98. The Balaban J connectivity index is 1.55. The fourth-order valence-corrected chi connectivity index (χ4v) is 4.05. The standard InChI is InChI=1S/C33H40O4/c1-7-35-31(32(34)36-8-2)23-25-9-19-30(20-10-25)37-22-21-24(3)26-11-13-27(14-12-26)28-15-17-29(18-16-28)33(4,5)6/h9-21,31H,7-8,22-23H2,1-6H3/b24-21+. The van der Waals surface area contributed by atoms with Crippen molar-refractivity contribution in [3.8, 4) is 16.9 Å². The highest BCUT2D eigenvalue weighted by atomic mass is 16.6. The fourth-order valence-electron chi connectivity index (χ4n) is 4.05. The predicted molar refractivity (Wildman–Crippen MR) is 152 cm³/mol. The van der Waals surface area contributed by atoms with Crippen LogP contribution in [0.5, 0.6) is 5.75 Å². The molecule has 3 rings (SSSR count). The van der Waals surface area contributed by atoms with Gasteiger partial charge in [0.15, 0.2) is 6.10 Å². The zero-order valence-corrected chi connectivity index (χ0v) is 23.0. The minimum atomic E-state index is -0.587. The lowest BCUT2D eigenvalue weighted by Crippen LogP contribution is -2.28. The highest BCUT2D eigenvalue weighted by Crippen LogP contribution is 2.27. The molecule has 0 aliphatic rings. The van der Waals surface area contributed by atoms with Crippen LogP contribution in [0, 0.1) is 0 Å². The molecule has 1 unspecified atom stereocenters. The third-order valence-corrected chi connectivity index (χ3v) is 6.33. The van der Waals surface area contributed by atoms with Gasteiger partial charge in [0.1, 0.15) is 12.4 Å². The molecular weight excluding hydrogens is 460 g/mol. The SMILES string of the molecule is CCOC(=O)C(Cc1ccc(OC/C=C(\C)c2ccc(-c3ccc(C(C)(C)C)cc3)cc2)cc1)OCC. The molecule has 0 fully saturated rings. The molecule has 37 heavy (non-hydrogen) atoms. The van der Waals surface area contributed by atoms with Crippen LogP contribution in [0.2, 0.25) is 0 Å². The molecule has 0 N–H and O–H groups in total. The summed E-state index contributed by atoms with van der Waals surface area (Å²) in [7, 11) is 0. The van der Waals surface area contributed by atoms with E-state index >= 15 is 0 Å². The van der Waals surface area contributed by atoms with E-state index in [0.29, 0.717) is 26.2 Å². The van der Waals surface area contributed by atoms with E-state index in [1.807, 2.05) is 31.2 Å². The van der Waals surface area contributed by atoms with Crippen LogP contribution in [0.3, 0.4) is 0 Å². The van der Waals surface area contributed by atoms with Gasteiger partial charge in [-0.05, 0) is 77.8 Å². The van der Waals surface area contributed by atoms with E-state index in [0.717, 1.165) is 11.3 Å². The number of hydrogen-bond donors (Lipinski definition) is 0. The van der Waals surface area contributed by atoms with Crippen LogP contribution in [0.15, 0.2) is 78.9 Å². The summed E-state index contributed by atoms with van der Waals surface area (Å²) in [4.78, 5) is 12.1. The molecule has 0 saturated heterocycles. The Bertz CT molecular complexity index is 1150. The van der Waals surface area contributed by atoms with E-state index in [2.05, 4.69) is 82.3 Å². The lowest BCUT2D eigenvalue weighted by molar-refractivity contribution is -0.156. The first-order chi connectivity index (χ1) is 17.7. The average Bonchev–Trinajstić information content (AvgIpc) is 2.89. The molecule has 0 heterocycles. The van der Waals surface area contributed by atoms with Crippen LogP contribution in [-0.4, -0.2) is 31.9 Å². The molecule has 3 aromatic carbocycles. The number of allylic oxidation sites excluding steroid dienone is 1. The predicted octanol–water partition coefficient (Wildman–Crippen LogP) is 7.64. The largest absolute Gasteiger partial charge is 0.490 e. The van der Waals surface area contributed by atoms with Gasteiger partial charge in [-0.15, -0.1) is 0 Å². The summed E-state index contributed by atoms with van der Waals surface area (Å²) < 4.78 is 16.6. The van der Waals surface area contributed by atoms with E-state index in [1.54, 1.807) is 6.92 Å². The van der Waals surface area contributed by atoms with Crippen molar-refractivity contribution in [2.75, 3.05) is 19.8 Å². The summed E-state index contributed by atoms with van der Waals surface area (Å²) >= 11 is 0. The molecule has 3 aromatic rings. The molecule has 0 aliphatic heterocycles. The maximum atomic E-state index is 12.1. The van der Waals surface area contributed by atoms with Crippen molar-refractivity contribution in [1.82, 2.24) is 0 Å². The van der Waals surface area contributed by atoms with Crippen LogP contribution < -0.4 is 4.74 Å². The van der Waals surface area contributed by atoms with E-state index in [-0.39, 0.29) is 11.4 Å². The molecule has 4 nitrogen and oxygen atoms in total. The van der Waals surface area contributed by atoms with Gasteiger partial charge in [0, 0.05) is 13.0 Å². The Labute approximate surface area is 222 Å². The number of carbonyl (C=O) groups excluding carboxylic acids is 1. The monoisotopic (exact) mass is 500 g/mol. The van der Waals surface area contributed by atoms with Crippen LogP contribution in [0.4, 0.5) is 0 Å². The molecule has 0 aromatic heterocycles. The van der Waals surface area contributed by atoms with Gasteiger partial charge in [-0.2, -0.15) is 0 Å². The summed E-state index contributed by atoms with van der Waals surface area (Å²) in [5.41, 5.74) is 7.28. The lowest BCUT2D eigenvalue weighted by atomic mass is 9.86. The maximum absolute atomic E-state index is 12.1. The van der Waals surface area contributed by atoms with Crippen molar-refractivity contribution >= 4 is 11.5 Å². The number of benzene rings is 3. The van der Waals surface area contributed by atoms with Gasteiger partial charge in [0.25, 0.3) is 0 Å². The zero-order valence-electron chi connectivity index (χ0n) is 23.0. The summed E-state index contributed by atoms with van der Waals surface area (Å²) in [5, 5.41) is 0. The van der Waals surface area contributed by atoms with Crippen LogP contribution >= 0.6 is 0 Å². The van der Waals surface area contributed by atoms with Crippen LogP contribution in [-0.2, 0) is 26.1 Å². The second-order valence-electron chi connectivity index (χ2n) is 10.1. The number of hydrogen-bond acceptors (Lipinski definition) is 4. The zero-order chi connectivity index (χ0) is 26.8. The Hall–Kier alpha value is -3.37. The van der Waals surface area contributed by atoms with Gasteiger partial charge in [-0.25, -0.2) is 4.79 Å². The molecule has 1 atom stereocenters. The second-order valence-corrected chi connectivity index (χ2v) is 10.1. The van der Waals surface area contributed by atoms with Crippen molar-refractivity contribution in [2.45, 2.75) is 59.5 Å². The van der Waals surface area contributed by atoms with E-state index in [9.17, 15) is 4.79 Å². The van der Waals surface area contributed by atoms with Crippen molar-refractivity contribution < 1.29 is 19.0 Å². The maximum Gasteiger partial charge on any atom is 0.335 e. The van der Waals surface area contributed by atoms with Crippen LogP contribution in [0.25, 0.3) is 16.7 Å². The Morgan fingerprint density at radius 2 is 1.43 bits per heavy atom. The van der Waals surface area contributed by atoms with E-state index < -0.39 is 6.10 Å². The second kappa shape index (κ2) is 13.3. The number of ether oxygens (including phenoxy) is 3. The van der Waals surface area contributed by atoms with Crippen molar-refractivity contribution in [2.24, 2.45) is 0 Å². The summed E-state index contributed by atoms with van der Waals surface area (Å²) in [5.74, 6) is 0.461.